The number of nitrogens with one attached hydrogen (secondary N) is 1. The van der Waals surface area contributed by atoms with Gasteiger partial charge in [0.2, 0.25) is 11.8 Å². The van der Waals surface area contributed by atoms with E-state index in [-0.39, 0.29) is 43.8 Å². The average Bonchev–Trinajstić information content (AvgIpc) is 3.41. The van der Waals surface area contributed by atoms with Crippen LogP contribution in [0.15, 0.2) is 48.6 Å². The van der Waals surface area contributed by atoms with Crippen LogP contribution in [0, 0.1) is 11.8 Å². The molecule has 4 aliphatic heterocycles. The van der Waals surface area contributed by atoms with Gasteiger partial charge in [0.25, 0.3) is 5.91 Å². The molecule has 2 saturated heterocycles. The standard InChI is InChI=1S/C34H46N4O7/c1-4-36(5-2)24-14-16-25(17-15-24)37-20-11-18-34-29(31(41)38(30(34)32(37)42)19-9-6-10-21-39)28-26(45-34)12-7-8-13-27(40)35-22-23(3)44-33(28)43/h7,11-12,14-18,23,26,28-30,39H,4-6,8-10,13,19-22H2,1-3H3,(H,35,40)/b12-7-/t23-,26-,28+,29+,30-,34+/m0/s1. The summed E-state index contributed by atoms with van der Waals surface area (Å²) >= 11 is 0. The van der Waals surface area contributed by atoms with Gasteiger partial charge in [-0.2, -0.15) is 0 Å². The Balaban J connectivity index is 1.53. The molecule has 45 heavy (non-hydrogen) atoms. The van der Waals surface area contributed by atoms with Gasteiger partial charge in [-0.1, -0.05) is 24.3 Å². The van der Waals surface area contributed by atoms with Gasteiger partial charge >= 0.3 is 5.97 Å². The highest BCUT2D eigenvalue weighted by atomic mass is 16.6. The number of fused-ring (bicyclic) bond motifs is 2. The smallest absolute Gasteiger partial charge is 0.313 e. The number of cyclic esters (lactones) is 1. The molecule has 2 fully saturated rings. The Morgan fingerprint density at radius 2 is 1.78 bits per heavy atom. The Labute approximate surface area is 265 Å². The molecule has 3 amide bonds. The van der Waals surface area contributed by atoms with Crippen LogP contribution in [-0.4, -0.2) is 96.9 Å². The normalized spacial score (nSPS) is 30.8. The zero-order valence-electron chi connectivity index (χ0n) is 26.5. The first-order valence-corrected chi connectivity index (χ1v) is 16.3. The first-order chi connectivity index (χ1) is 21.7. The number of hydrogen-bond donors (Lipinski definition) is 2. The number of benzene rings is 1. The molecule has 4 aliphatic rings. The molecule has 0 saturated carbocycles. The lowest BCUT2D eigenvalue weighted by atomic mass is 9.78. The molecular weight excluding hydrogens is 576 g/mol. The van der Waals surface area contributed by atoms with Crippen molar-refractivity contribution in [3.8, 4) is 0 Å². The van der Waals surface area contributed by atoms with Gasteiger partial charge in [-0.15, -0.1) is 0 Å². The summed E-state index contributed by atoms with van der Waals surface area (Å²) in [6.45, 7) is 8.41. The van der Waals surface area contributed by atoms with Crippen molar-refractivity contribution in [1.82, 2.24) is 10.2 Å². The molecule has 1 aromatic rings. The molecule has 0 aliphatic carbocycles. The first-order valence-electron chi connectivity index (χ1n) is 16.3. The van der Waals surface area contributed by atoms with Crippen molar-refractivity contribution in [3.63, 3.8) is 0 Å². The van der Waals surface area contributed by atoms with Gasteiger partial charge in [-0.05, 0) is 70.7 Å². The summed E-state index contributed by atoms with van der Waals surface area (Å²) in [6, 6.07) is 6.87. The van der Waals surface area contributed by atoms with Crippen LogP contribution in [0.2, 0.25) is 0 Å². The number of amides is 3. The number of unbranched alkanes of at least 4 members (excludes halogenated alkanes) is 2. The number of carbonyl (C=O) groups is 4. The Bertz CT molecular complexity index is 1310. The van der Waals surface area contributed by atoms with Crippen molar-refractivity contribution in [1.29, 1.82) is 0 Å². The van der Waals surface area contributed by atoms with Crippen LogP contribution in [-0.2, 0) is 28.7 Å². The lowest BCUT2D eigenvalue weighted by Crippen LogP contribution is -2.55. The van der Waals surface area contributed by atoms with E-state index in [1.165, 1.54) is 0 Å². The lowest BCUT2D eigenvalue weighted by Gasteiger charge is -2.35. The number of anilines is 2. The fraction of sp³-hybridized carbons (Fsp3) is 0.588. The van der Waals surface area contributed by atoms with E-state index in [9.17, 15) is 24.3 Å². The van der Waals surface area contributed by atoms with Crippen molar-refractivity contribution in [2.75, 3.05) is 49.1 Å². The van der Waals surface area contributed by atoms with Crippen molar-refractivity contribution in [2.24, 2.45) is 11.8 Å². The van der Waals surface area contributed by atoms with Gasteiger partial charge < -0.3 is 34.6 Å². The Hall–Kier alpha value is -3.70. The summed E-state index contributed by atoms with van der Waals surface area (Å²) in [5.41, 5.74) is 0.394. The van der Waals surface area contributed by atoms with E-state index in [0.29, 0.717) is 37.9 Å². The molecular formula is C34H46N4O7. The van der Waals surface area contributed by atoms with E-state index >= 15 is 0 Å². The molecule has 0 radical (unpaired) electrons. The van der Waals surface area contributed by atoms with Crippen molar-refractivity contribution in [3.05, 3.63) is 48.6 Å². The van der Waals surface area contributed by atoms with Crippen LogP contribution < -0.4 is 15.1 Å². The summed E-state index contributed by atoms with van der Waals surface area (Å²) in [5, 5.41) is 12.1. The number of nitrogens with zero attached hydrogens (tertiary/aromatic N) is 3. The number of ether oxygens (including phenoxy) is 2. The molecule has 11 heteroatoms. The fourth-order valence-electron chi connectivity index (χ4n) is 7.14. The Kier molecular flexibility index (Phi) is 10.3. The third kappa shape index (κ3) is 6.37. The number of allylic oxidation sites excluding steroid dienone is 1. The minimum absolute atomic E-state index is 0.0482. The maximum Gasteiger partial charge on any atom is 0.313 e. The Morgan fingerprint density at radius 1 is 1.02 bits per heavy atom. The van der Waals surface area contributed by atoms with E-state index in [1.807, 2.05) is 36.4 Å². The monoisotopic (exact) mass is 622 g/mol. The number of esters is 1. The number of aliphatic hydroxyl groups is 1. The van der Waals surface area contributed by atoms with E-state index in [1.54, 1.807) is 28.9 Å². The van der Waals surface area contributed by atoms with Gasteiger partial charge in [-0.25, -0.2) is 0 Å². The third-order valence-corrected chi connectivity index (χ3v) is 9.38. The first kappa shape index (κ1) is 32.7. The van der Waals surface area contributed by atoms with Crippen molar-refractivity contribution < 1.29 is 33.8 Å². The SMILES string of the molecule is CCN(CC)c1ccc(N2CC=C[C@@]34O[C@H]5/C=C\CCC(=O)NC[C@H](C)OC(=O)[C@H]5[C@@H]3C(=O)N(CCCCCO)[C@H]4C2=O)cc1. The zero-order chi connectivity index (χ0) is 32.1. The number of rotatable bonds is 9. The van der Waals surface area contributed by atoms with Crippen molar-refractivity contribution >= 4 is 35.1 Å². The molecule has 1 aromatic carbocycles. The number of carbonyl (C=O) groups excluding carboxylic acids is 4. The molecule has 5 rings (SSSR count). The minimum Gasteiger partial charge on any atom is -0.460 e. The molecule has 2 N–H and O–H groups in total. The highest BCUT2D eigenvalue weighted by molar-refractivity contribution is 6.05. The van der Waals surface area contributed by atoms with Crippen LogP contribution >= 0.6 is 0 Å². The molecule has 244 valence electrons. The average molecular weight is 623 g/mol. The van der Waals surface area contributed by atoms with Crippen LogP contribution in [0.25, 0.3) is 0 Å². The number of aliphatic hydroxyl groups excluding tert-OH is 1. The molecule has 0 unspecified atom stereocenters. The number of likely N-dealkylation sites (tertiary alicyclic amines) is 1. The molecule has 11 nitrogen and oxygen atoms in total. The predicted molar refractivity (Wildman–Crippen MR) is 169 cm³/mol. The summed E-state index contributed by atoms with van der Waals surface area (Å²) in [5.74, 6) is -3.24. The fourth-order valence-corrected chi connectivity index (χ4v) is 7.14. The van der Waals surface area contributed by atoms with Crippen LogP contribution in [0.1, 0.15) is 52.9 Å². The van der Waals surface area contributed by atoms with E-state index in [2.05, 4.69) is 24.1 Å². The highest BCUT2D eigenvalue weighted by Gasteiger charge is 2.71. The largest absolute Gasteiger partial charge is 0.460 e. The number of hydrogen-bond acceptors (Lipinski definition) is 8. The minimum atomic E-state index is -1.38. The Morgan fingerprint density at radius 3 is 2.49 bits per heavy atom. The topological polar surface area (TPSA) is 129 Å². The van der Waals surface area contributed by atoms with Gasteiger partial charge in [0, 0.05) is 50.6 Å². The maximum atomic E-state index is 14.6. The third-order valence-electron chi connectivity index (χ3n) is 9.38. The lowest BCUT2D eigenvalue weighted by molar-refractivity contribution is -0.158. The quantitative estimate of drug-likeness (QED) is 0.244. The van der Waals surface area contributed by atoms with Gasteiger partial charge in [0.15, 0.2) is 0 Å². The molecule has 1 spiro atoms. The van der Waals surface area contributed by atoms with Crippen LogP contribution in [0.5, 0.6) is 0 Å². The molecule has 4 heterocycles. The molecule has 0 aromatic heterocycles. The molecule has 6 atom stereocenters. The van der Waals surface area contributed by atoms with E-state index in [0.717, 1.165) is 18.8 Å². The predicted octanol–water partition coefficient (Wildman–Crippen LogP) is 2.58. The second kappa shape index (κ2) is 14.2. The summed E-state index contributed by atoms with van der Waals surface area (Å²) in [4.78, 5) is 60.5. The molecule has 0 bridgehead atoms. The van der Waals surface area contributed by atoms with E-state index < -0.39 is 41.7 Å². The summed E-state index contributed by atoms with van der Waals surface area (Å²) in [7, 11) is 0. The van der Waals surface area contributed by atoms with Crippen molar-refractivity contribution in [2.45, 2.75) is 76.7 Å². The van der Waals surface area contributed by atoms with Gasteiger partial charge in [0.05, 0.1) is 18.6 Å². The van der Waals surface area contributed by atoms with Gasteiger partial charge in [-0.3, -0.25) is 19.2 Å². The maximum absolute atomic E-state index is 14.6. The van der Waals surface area contributed by atoms with E-state index in [4.69, 9.17) is 9.47 Å². The zero-order valence-corrected chi connectivity index (χ0v) is 26.5. The summed E-state index contributed by atoms with van der Waals surface area (Å²) < 4.78 is 12.5. The van der Waals surface area contributed by atoms with Crippen LogP contribution in [0.4, 0.5) is 11.4 Å². The second-order valence-corrected chi connectivity index (χ2v) is 12.2. The van der Waals surface area contributed by atoms with Gasteiger partial charge in [0.1, 0.15) is 23.7 Å². The highest BCUT2D eigenvalue weighted by Crippen LogP contribution is 2.53. The summed E-state index contributed by atoms with van der Waals surface area (Å²) in [6.07, 6.45) is 8.38. The van der Waals surface area contributed by atoms with Crippen LogP contribution in [0.3, 0.4) is 0 Å². The second-order valence-electron chi connectivity index (χ2n) is 12.2.